The highest BCUT2D eigenvalue weighted by Crippen LogP contribution is 2.24. The van der Waals surface area contributed by atoms with Gasteiger partial charge in [-0.25, -0.2) is 12.8 Å². The molecule has 32 heavy (non-hydrogen) atoms. The van der Waals surface area contributed by atoms with Gasteiger partial charge in [0.05, 0.1) is 23.6 Å². The molecule has 1 heterocycles. The van der Waals surface area contributed by atoms with Gasteiger partial charge in [-0.05, 0) is 56.2 Å². The number of amides is 1. The van der Waals surface area contributed by atoms with Gasteiger partial charge in [0.25, 0.3) is 5.91 Å². The summed E-state index contributed by atoms with van der Waals surface area (Å²) in [6.07, 6.45) is 0.549. The van der Waals surface area contributed by atoms with Gasteiger partial charge < -0.3 is 15.0 Å². The quantitative estimate of drug-likeness (QED) is 0.626. The van der Waals surface area contributed by atoms with Crippen LogP contribution < -0.4 is 14.9 Å². The van der Waals surface area contributed by atoms with E-state index in [4.69, 9.17) is 4.74 Å². The molecule has 0 saturated carbocycles. The molecule has 1 fully saturated rings. The van der Waals surface area contributed by atoms with Crippen LogP contribution in [0.25, 0.3) is 0 Å². The second-order valence-corrected chi connectivity index (χ2v) is 9.97. The number of rotatable bonds is 8. The van der Waals surface area contributed by atoms with E-state index in [0.717, 1.165) is 0 Å². The Hall–Kier alpha value is -2.65. The number of nitrogens with zero attached hydrogens (tertiary/aromatic N) is 1. The maximum absolute atomic E-state index is 14.7. The molecule has 0 radical (unpaired) electrons. The number of hydrogen-bond donors (Lipinski definition) is 2. The molecule has 9 heteroatoms. The average Bonchev–Trinajstić information content (AvgIpc) is 2.71. The van der Waals surface area contributed by atoms with E-state index in [2.05, 4.69) is 10.0 Å². The molecule has 0 aromatic heterocycles. The van der Waals surface area contributed by atoms with Crippen LogP contribution in [-0.2, 0) is 21.3 Å². The van der Waals surface area contributed by atoms with Crippen LogP contribution in [0.2, 0.25) is 0 Å². The molecule has 2 aromatic rings. The van der Waals surface area contributed by atoms with Crippen LogP contribution in [0, 0.1) is 5.82 Å². The highest BCUT2D eigenvalue weighted by molar-refractivity contribution is 7.92. The van der Waals surface area contributed by atoms with Gasteiger partial charge in [-0.2, -0.15) is 0 Å². The summed E-state index contributed by atoms with van der Waals surface area (Å²) in [5.74, 6) is -0.708. The van der Waals surface area contributed by atoms with Gasteiger partial charge in [0.1, 0.15) is 5.82 Å². The fourth-order valence-electron chi connectivity index (χ4n) is 3.80. The van der Waals surface area contributed by atoms with Gasteiger partial charge in [0, 0.05) is 30.9 Å². The Kier molecular flexibility index (Phi) is 7.73. The Bertz CT molecular complexity index is 1050. The Balaban J connectivity index is 1.63. The first-order valence-corrected chi connectivity index (χ1v) is 12.4. The van der Waals surface area contributed by atoms with Crippen LogP contribution >= 0.6 is 0 Å². The predicted octanol–water partition coefficient (Wildman–Crippen LogP) is 3.52. The molecule has 1 aliphatic rings. The van der Waals surface area contributed by atoms with Gasteiger partial charge in [-0.15, -0.1) is 0 Å². The number of nitrogens with one attached hydrogen (secondary N) is 2. The normalized spacial score (nSPS) is 18.9. The maximum atomic E-state index is 14.7. The van der Waals surface area contributed by atoms with Crippen molar-refractivity contribution in [3.63, 3.8) is 0 Å². The van der Waals surface area contributed by atoms with E-state index < -0.39 is 10.0 Å². The van der Waals surface area contributed by atoms with Crippen molar-refractivity contribution in [1.29, 1.82) is 0 Å². The number of carbonyl (C=O) groups excluding carboxylic acids is 1. The zero-order valence-corrected chi connectivity index (χ0v) is 19.4. The summed E-state index contributed by atoms with van der Waals surface area (Å²) in [5, 5.41) is 2.75. The number of benzene rings is 2. The highest BCUT2D eigenvalue weighted by Gasteiger charge is 2.24. The summed E-state index contributed by atoms with van der Waals surface area (Å²) < 4.78 is 46.8. The van der Waals surface area contributed by atoms with E-state index >= 15 is 0 Å². The number of carbonyl (C=O) groups is 1. The predicted molar refractivity (Wildman–Crippen MR) is 124 cm³/mol. The topological polar surface area (TPSA) is 87.7 Å². The molecule has 174 valence electrons. The standard InChI is InChI=1S/C23H30FN3O4S/c1-4-10-32(29,30)26-20-7-5-6-19(12-20)23(28)25-13-18-8-9-22(21(24)11-18)27-14-16(2)31-17(3)15-27/h5-9,11-12,16-17,26H,4,10,13-15H2,1-3H3,(H,25,28). The molecule has 2 N–H and O–H groups in total. The number of anilines is 2. The second kappa shape index (κ2) is 10.3. The van der Waals surface area contributed by atoms with Crippen LogP contribution in [-0.4, -0.2) is 45.4 Å². The van der Waals surface area contributed by atoms with Gasteiger partial charge >= 0.3 is 0 Å². The monoisotopic (exact) mass is 463 g/mol. The summed E-state index contributed by atoms with van der Waals surface area (Å²) in [6.45, 7) is 7.10. The van der Waals surface area contributed by atoms with Crippen LogP contribution in [0.5, 0.6) is 0 Å². The van der Waals surface area contributed by atoms with Gasteiger partial charge in [0.2, 0.25) is 10.0 Å². The Morgan fingerprint density at radius 1 is 1.16 bits per heavy atom. The number of morpholine rings is 1. The third-order valence-corrected chi connectivity index (χ3v) is 6.59. The first kappa shape index (κ1) is 24.0. The molecule has 2 aromatic carbocycles. The molecule has 0 bridgehead atoms. The van der Waals surface area contributed by atoms with Crippen molar-refractivity contribution in [3.8, 4) is 0 Å². The van der Waals surface area contributed by atoms with Crippen molar-refractivity contribution in [3.05, 3.63) is 59.4 Å². The SMILES string of the molecule is CCCS(=O)(=O)Nc1cccc(C(=O)NCc2ccc(N3CC(C)OC(C)C3)c(F)c2)c1. The lowest BCUT2D eigenvalue weighted by atomic mass is 10.1. The molecule has 1 amide bonds. The van der Waals surface area contributed by atoms with Crippen molar-refractivity contribution < 1.29 is 22.3 Å². The first-order chi connectivity index (χ1) is 15.2. The first-order valence-electron chi connectivity index (χ1n) is 10.7. The lowest BCUT2D eigenvalue weighted by Gasteiger charge is -2.37. The zero-order chi connectivity index (χ0) is 23.3. The van der Waals surface area contributed by atoms with Crippen molar-refractivity contribution in [1.82, 2.24) is 5.32 Å². The van der Waals surface area contributed by atoms with Crippen LogP contribution in [0.4, 0.5) is 15.8 Å². The third kappa shape index (κ3) is 6.43. The lowest BCUT2D eigenvalue weighted by Crippen LogP contribution is -2.45. The fraction of sp³-hybridized carbons (Fsp3) is 0.435. The van der Waals surface area contributed by atoms with Crippen LogP contribution in [0.1, 0.15) is 43.1 Å². The minimum Gasteiger partial charge on any atom is -0.372 e. The highest BCUT2D eigenvalue weighted by atomic mass is 32.2. The second-order valence-electron chi connectivity index (χ2n) is 8.13. The van der Waals surface area contributed by atoms with E-state index in [1.54, 1.807) is 37.3 Å². The van der Waals surface area contributed by atoms with E-state index in [1.807, 2.05) is 18.7 Å². The minimum absolute atomic E-state index is 0.00720. The zero-order valence-electron chi connectivity index (χ0n) is 18.6. The van der Waals surface area contributed by atoms with Crippen molar-refractivity contribution in [2.24, 2.45) is 0 Å². The van der Waals surface area contributed by atoms with E-state index in [1.165, 1.54) is 12.1 Å². The molecular formula is C23H30FN3O4S. The summed E-state index contributed by atoms with van der Waals surface area (Å²) in [6, 6.07) is 11.2. The van der Waals surface area contributed by atoms with Crippen LogP contribution in [0.3, 0.4) is 0 Å². The molecule has 7 nitrogen and oxygen atoms in total. The van der Waals surface area contributed by atoms with E-state index in [-0.39, 0.29) is 36.2 Å². The Morgan fingerprint density at radius 3 is 2.53 bits per heavy atom. The molecule has 2 unspecified atom stereocenters. The van der Waals surface area contributed by atoms with Crippen molar-refractivity contribution in [2.45, 2.75) is 45.9 Å². The third-order valence-electron chi connectivity index (χ3n) is 5.10. The molecule has 1 saturated heterocycles. The molecule has 0 spiro atoms. The number of hydrogen-bond acceptors (Lipinski definition) is 5. The summed E-state index contributed by atoms with van der Waals surface area (Å²) in [5.41, 5.74) is 1.80. The number of halogens is 1. The van der Waals surface area contributed by atoms with Gasteiger partial charge in [-0.1, -0.05) is 19.1 Å². The van der Waals surface area contributed by atoms with Crippen molar-refractivity contribution >= 4 is 27.3 Å². The average molecular weight is 464 g/mol. The van der Waals surface area contributed by atoms with E-state index in [0.29, 0.717) is 42.0 Å². The van der Waals surface area contributed by atoms with E-state index in [9.17, 15) is 17.6 Å². The van der Waals surface area contributed by atoms with Gasteiger partial charge in [-0.3, -0.25) is 9.52 Å². The Labute approximate surface area is 189 Å². The Morgan fingerprint density at radius 2 is 1.88 bits per heavy atom. The van der Waals surface area contributed by atoms with Crippen molar-refractivity contribution in [2.75, 3.05) is 28.5 Å². The fourth-order valence-corrected chi connectivity index (χ4v) is 4.92. The van der Waals surface area contributed by atoms with Crippen LogP contribution in [0.15, 0.2) is 42.5 Å². The number of ether oxygens (including phenoxy) is 1. The molecule has 0 aliphatic carbocycles. The summed E-state index contributed by atoms with van der Waals surface area (Å²) >= 11 is 0. The molecule has 1 aliphatic heterocycles. The molecule has 3 rings (SSSR count). The molecule has 2 atom stereocenters. The lowest BCUT2D eigenvalue weighted by molar-refractivity contribution is -0.00539. The minimum atomic E-state index is -3.44. The van der Waals surface area contributed by atoms with Gasteiger partial charge in [0.15, 0.2) is 0 Å². The maximum Gasteiger partial charge on any atom is 0.251 e. The summed E-state index contributed by atoms with van der Waals surface area (Å²) in [7, 11) is -3.44. The number of sulfonamides is 1. The smallest absolute Gasteiger partial charge is 0.251 e. The molecular weight excluding hydrogens is 433 g/mol. The summed E-state index contributed by atoms with van der Waals surface area (Å²) in [4.78, 5) is 14.5. The largest absolute Gasteiger partial charge is 0.372 e.